The minimum atomic E-state index is -3.67. The maximum Gasteiger partial charge on any atom is 0.320 e. The fourth-order valence-corrected chi connectivity index (χ4v) is 5.38. The van der Waals surface area contributed by atoms with Gasteiger partial charge in [-0.2, -0.15) is 0 Å². The van der Waals surface area contributed by atoms with Gasteiger partial charge in [0.05, 0.1) is 23.2 Å². The second-order valence-electron chi connectivity index (χ2n) is 8.13. The van der Waals surface area contributed by atoms with E-state index in [4.69, 9.17) is 4.74 Å². The molecule has 0 radical (unpaired) electrons. The van der Waals surface area contributed by atoms with Crippen molar-refractivity contribution < 1.29 is 22.3 Å². The Bertz CT molecular complexity index is 1060. The summed E-state index contributed by atoms with van der Waals surface area (Å²) in [7, 11) is -2.22. The highest BCUT2D eigenvalue weighted by Gasteiger charge is 2.37. The van der Waals surface area contributed by atoms with Crippen LogP contribution >= 0.6 is 0 Å². The average molecular weight is 448 g/mol. The smallest absolute Gasteiger partial charge is 0.320 e. The number of hydrogen-bond acceptors (Lipinski definition) is 4. The number of nitrogens with one attached hydrogen (secondary N) is 3. The maximum atomic E-state index is 13.4. The molecule has 166 valence electrons. The number of urea groups is 1. The third kappa shape index (κ3) is 4.83. The van der Waals surface area contributed by atoms with Crippen LogP contribution in [0.5, 0.6) is 5.75 Å². The van der Waals surface area contributed by atoms with Gasteiger partial charge in [-0.25, -0.2) is 22.3 Å². The number of ether oxygens (including phenoxy) is 1. The van der Waals surface area contributed by atoms with Crippen molar-refractivity contribution in [1.82, 2.24) is 10.0 Å². The lowest BCUT2D eigenvalue weighted by Crippen LogP contribution is -2.45. The third-order valence-electron chi connectivity index (χ3n) is 5.84. The summed E-state index contributed by atoms with van der Waals surface area (Å²) in [5.41, 5.74) is 0.506. The standard InChI is InChI=1S/C22H26FN3O4S/c1-30-20-11-10-18(31(28,29)26-17-8-9-17)14-19(20)24-21(27)25-22(12-2-3-13-22)15-4-6-16(23)7-5-15/h4-7,10-11,14,17,26H,2-3,8-9,12-13H2,1H3,(H2,24,25,27). The Morgan fingerprint density at radius 3 is 2.39 bits per heavy atom. The monoisotopic (exact) mass is 447 g/mol. The molecular weight excluding hydrogens is 421 g/mol. The van der Waals surface area contributed by atoms with Crippen LogP contribution in [0.3, 0.4) is 0 Å². The number of carbonyl (C=O) groups is 1. The van der Waals surface area contributed by atoms with Gasteiger partial charge in [-0.1, -0.05) is 25.0 Å². The molecule has 31 heavy (non-hydrogen) atoms. The summed E-state index contributed by atoms with van der Waals surface area (Å²) >= 11 is 0. The van der Waals surface area contributed by atoms with Gasteiger partial charge >= 0.3 is 6.03 Å². The number of amides is 2. The Labute approximate surface area is 181 Å². The lowest BCUT2D eigenvalue weighted by molar-refractivity contribution is 0.236. The fourth-order valence-electron chi connectivity index (χ4n) is 4.04. The van der Waals surface area contributed by atoms with Crippen molar-refractivity contribution in [2.45, 2.75) is 55.0 Å². The Morgan fingerprint density at radius 1 is 1.10 bits per heavy atom. The summed E-state index contributed by atoms with van der Waals surface area (Å²) < 4.78 is 46.4. The van der Waals surface area contributed by atoms with E-state index in [1.54, 1.807) is 12.1 Å². The highest BCUT2D eigenvalue weighted by atomic mass is 32.2. The highest BCUT2D eigenvalue weighted by Crippen LogP contribution is 2.39. The van der Waals surface area contributed by atoms with E-state index in [2.05, 4.69) is 15.4 Å². The van der Waals surface area contributed by atoms with Crippen LogP contribution in [0.4, 0.5) is 14.9 Å². The molecule has 2 saturated carbocycles. The molecule has 2 aliphatic carbocycles. The number of carbonyl (C=O) groups excluding carboxylic acids is 1. The van der Waals surface area contributed by atoms with Gasteiger partial charge in [0.15, 0.2) is 0 Å². The van der Waals surface area contributed by atoms with Crippen molar-refractivity contribution in [3.05, 3.63) is 53.8 Å². The molecule has 0 heterocycles. The van der Waals surface area contributed by atoms with Crippen LogP contribution in [-0.4, -0.2) is 27.6 Å². The Kier molecular flexibility index (Phi) is 5.90. The summed E-state index contributed by atoms with van der Waals surface area (Å²) in [4.78, 5) is 13.0. The SMILES string of the molecule is COc1ccc(S(=O)(=O)NC2CC2)cc1NC(=O)NC1(c2ccc(F)cc2)CCCC1. The first-order chi connectivity index (χ1) is 14.8. The molecule has 9 heteroatoms. The first-order valence-electron chi connectivity index (χ1n) is 10.4. The minimum Gasteiger partial charge on any atom is -0.495 e. The van der Waals surface area contributed by atoms with Crippen molar-refractivity contribution in [3.63, 3.8) is 0 Å². The van der Waals surface area contributed by atoms with Gasteiger partial charge in [0, 0.05) is 6.04 Å². The lowest BCUT2D eigenvalue weighted by atomic mass is 9.88. The van der Waals surface area contributed by atoms with E-state index in [9.17, 15) is 17.6 Å². The molecule has 0 aliphatic heterocycles. The van der Waals surface area contributed by atoms with Gasteiger partial charge in [-0.15, -0.1) is 0 Å². The molecule has 0 unspecified atom stereocenters. The molecule has 2 fully saturated rings. The zero-order chi connectivity index (χ0) is 22.1. The first-order valence-corrected chi connectivity index (χ1v) is 11.9. The number of rotatable bonds is 7. The molecule has 2 aromatic carbocycles. The Morgan fingerprint density at radius 2 is 1.77 bits per heavy atom. The first kappa shape index (κ1) is 21.6. The number of methoxy groups -OCH3 is 1. The molecule has 4 rings (SSSR count). The average Bonchev–Trinajstić information content (AvgIpc) is 3.41. The van der Waals surface area contributed by atoms with Gasteiger partial charge in [0.2, 0.25) is 10.0 Å². The van der Waals surface area contributed by atoms with E-state index in [0.717, 1.165) is 44.1 Å². The van der Waals surface area contributed by atoms with E-state index in [0.29, 0.717) is 5.75 Å². The van der Waals surface area contributed by atoms with Crippen molar-refractivity contribution in [2.75, 3.05) is 12.4 Å². The van der Waals surface area contributed by atoms with Crippen molar-refractivity contribution >= 4 is 21.7 Å². The second kappa shape index (κ2) is 8.47. The largest absolute Gasteiger partial charge is 0.495 e. The van der Waals surface area contributed by atoms with E-state index < -0.39 is 21.6 Å². The van der Waals surface area contributed by atoms with Gasteiger partial charge in [0.25, 0.3) is 0 Å². The van der Waals surface area contributed by atoms with Crippen LogP contribution in [0.1, 0.15) is 44.1 Å². The summed E-state index contributed by atoms with van der Waals surface area (Å²) in [6.45, 7) is 0. The number of hydrogen-bond donors (Lipinski definition) is 3. The van der Waals surface area contributed by atoms with Crippen LogP contribution < -0.4 is 20.1 Å². The van der Waals surface area contributed by atoms with E-state index in [-0.39, 0.29) is 22.4 Å². The zero-order valence-corrected chi connectivity index (χ0v) is 18.1. The van der Waals surface area contributed by atoms with Crippen LogP contribution in [0, 0.1) is 5.82 Å². The minimum absolute atomic E-state index is 0.0234. The zero-order valence-electron chi connectivity index (χ0n) is 17.3. The number of halogens is 1. The summed E-state index contributed by atoms with van der Waals surface area (Å²) in [6.07, 6.45) is 5.03. The van der Waals surface area contributed by atoms with Crippen LogP contribution in [-0.2, 0) is 15.6 Å². The molecule has 2 aromatic rings. The molecular formula is C22H26FN3O4S. The quantitative estimate of drug-likeness (QED) is 0.600. The predicted molar refractivity (Wildman–Crippen MR) is 115 cm³/mol. The second-order valence-corrected chi connectivity index (χ2v) is 9.85. The maximum absolute atomic E-state index is 13.4. The fraction of sp³-hybridized carbons (Fsp3) is 0.409. The van der Waals surface area contributed by atoms with Gasteiger partial charge in [-0.3, -0.25) is 0 Å². The number of benzene rings is 2. The molecule has 2 aliphatic rings. The highest BCUT2D eigenvalue weighted by molar-refractivity contribution is 7.89. The molecule has 2 amide bonds. The van der Waals surface area contributed by atoms with E-state index >= 15 is 0 Å². The number of sulfonamides is 1. The molecule has 0 aromatic heterocycles. The van der Waals surface area contributed by atoms with Crippen LogP contribution in [0.2, 0.25) is 0 Å². The summed E-state index contributed by atoms with van der Waals surface area (Å²) in [6, 6.07) is 10.0. The van der Waals surface area contributed by atoms with Crippen LogP contribution in [0.15, 0.2) is 47.4 Å². The van der Waals surface area contributed by atoms with Crippen LogP contribution in [0.25, 0.3) is 0 Å². The van der Waals surface area contributed by atoms with Crippen molar-refractivity contribution in [3.8, 4) is 5.75 Å². The predicted octanol–water partition coefficient (Wildman–Crippen LogP) is 3.87. The summed E-state index contributed by atoms with van der Waals surface area (Å²) in [5.74, 6) is 0.0201. The Balaban J connectivity index is 1.55. The van der Waals surface area contributed by atoms with Gasteiger partial charge in [0.1, 0.15) is 11.6 Å². The number of anilines is 1. The molecule has 0 bridgehead atoms. The lowest BCUT2D eigenvalue weighted by Gasteiger charge is -2.31. The summed E-state index contributed by atoms with van der Waals surface area (Å²) in [5, 5.41) is 5.77. The molecule has 0 saturated heterocycles. The van der Waals surface area contributed by atoms with Gasteiger partial charge < -0.3 is 15.4 Å². The molecule has 3 N–H and O–H groups in total. The molecule has 0 atom stereocenters. The molecule has 0 spiro atoms. The molecule has 7 nitrogen and oxygen atoms in total. The third-order valence-corrected chi connectivity index (χ3v) is 7.35. The van der Waals surface area contributed by atoms with Crippen molar-refractivity contribution in [1.29, 1.82) is 0 Å². The van der Waals surface area contributed by atoms with E-state index in [1.165, 1.54) is 37.4 Å². The normalized spacial score (nSPS) is 17.9. The van der Waals surface area contributed by atoms with Gasteiger partial charge in [-0.05, 0) is 61.6 Å². The Hall–Kier alpha value is -2.65. The van der Waals surface area contributed by atoms with Crippen molar-refractivity contribution in [2.24, 2.45) is 0 Å². The van der Waals surface area contributed by atoms with E-state index in [1.807, 2.05) is 0 Å². The topological polar surface area (TPSA) is 96.5 Å².